The molecule has 0 unspecified atom stereocenters. The van der Waals surface area contributed by atoms with Crippen molar-refractivity contribution >= 4 is 5.97 Å². The van der Waals surface area contributed by atoms with Crippen LogP contribution in [0.5, 0.6) is 11.5 Å². The monoisotopic (exact) mass is 242 g/mol. The Kier molecular flexibility index (Phi) is 3.63. The third kappa shape index (κ3) is 2.69. The second-order valence-electron chi connectivity index (χ2n) is 3.89. The molecule has 0 saturated heterocycles. The van der Waals surface area contributed by atoms with Crippen molar-refractivity contribution in [2.45, 2.75) is 6.92 Å². The summed E-state index contributed by atoms with van der Waals surface area (Å²) in [6.07, 6.45) is 0. The fourth-order valence-electron chi connectivity index (χ4n) is 1.60. The number of para-hydroxylation sites is 1. The number of carbonyl (C=O) groups is 1. The molecule has 0 aliphatic carbocycles. The molecule has 0 N–H and O–H groups in total. The van der Waals surface area contributed by atoms with Crippen molar-refractivity contribution in [1.82, 2.24) is 0 Å². The van der Waals surface area contributed by atoms with Gasteiger partial charge >= 0.3 is 5.97 Å². The maximum atomic E-state index is 11.4. The van der Waals surface area contributed by atoms with Crippen LogP contribution < -0.4 is 4.74 Å². The molecule has 92 valence electrons. The van der Waals surface area contributed by atoms with Crippen molar-refractivity contribution in [2.24, 2.45) is 0 Å². The van der Waals surface area contributed by atoms with Gasteiger partial charge in [-0.1, -0.05) is 24.3 Å². The summed E-state index contributed by atoms with van der Waals surface area (Å²) in [5.74, 6) is 1.02. The Labute approximate surface area is 106 Å². The molecule has 2 aromatic carbocycles. The summed E-state index contributed by atoms with van der Waals surface area (Å²) >= 11 is 0. The smallest absolute Gasteiger partial charge is 0.337 e. The molecule has 0 amide bonds. The lowest BCUT2D eigenvalue weighted by atomic mass is 10.2. The lowest BCUT2D eigenvalue weighted by Gasteiger charge is -2.09. The second-order valence-corrected chi connectivity index (χ2v) is 3.89. The Balaban J connectivity index is 2.25. The van der Waals surface area contributed by atoms with E-state index in [1.54, 1.807) is 24.3 Å². The van der Waals surface area contributed by atoms with E-state index >= 15 is 0 Å². The molecule has 18 heavy (non-hydrogen) atoms. The third-order valence-electron chi connectivity index (χ3n) is 2.58. The van der Waals surface area contributed by atoms with Gasteiger partial charge in [-0.2, -0.15) is 0 Å². The van der Waals surface area contributed by atoms with Gasteiger partial charge in [-0.15, -0.1) is 0 Å². The molecule has 0 aliphatic rings. The molecule has 0 spiro atoms. The molecule has 2 rings (SSSR count). The molecule has 0 bridgehead atoms. The van der Waals surface area contributed by atoms with E-state index < -0.39 is 0 Å². The highest BCUT2D eigenvalue weighted by molar-refractivity contribution is 5.89. The molecule has 0 fully saturated rings. The molecule has 3 heteroatoms. The lowest BCUT2D eigenvalue weighted by molar-refractivity contribution is 0.0600. The number of benzene rings is 2. The first kappa shape index (κ1) is 12.2. The molecule has 0 atom stereocenters. The highest BCUT2D eigenvalue weighted by Crippen LogP contribution is 2.25. The maximum Gasteiger partial charge on any atom is 0.337 e. The Morgan fingerprint density at radius 2 is 1.83 bits per heavy atom. The Bertz CT molecular complexity index is 561. The minimum Gasteiger partial charge on any atom is -0.465 e. The maximum absolute atomic E-state index is 11.4. The zero-order valence-electron chi connectivity index (χ0n) is 10.3. The summed E-state index contributed by atoms with van der Waals surface area (Å²) in [5, 5.41) is 0. The highest BCUT2D eigenvalue weighted by atomic mass is 16.5. The number of carbonyl (C=O) groups excluding carboxylic acids is 1. The van der Waals surface area contributed by atoms with E-state index in [1.807, 2.05) is 31.2 Å². The summed E-state index contributed by atoms with van der Waals surface area (Å²) in [5.41, 5.74) is 1.52. The first-order valence-corrected chi connectivity index (χ1v) is 5.62. The van der Waals surface area contributed by atoms with Crippen LogP contribution in [-0.2, 0) is 4.74 Å². The van der Waals surface area contributed by atoms with Crippen LogP contribution in [-0.4, -0.2) is 13.1 Å². The third-order valence-corrected chi connectivity index (χ3v) is 2.58. The van der Waals surface area contributed by atoms with Crippen LogP contribution in [0.1, 0.15) is 15.9 Å². The minimum absolute atomic E-state index is 0.370. The fourth-order valence-corrected chi connectivity index (χ4v) is 1.60. The van der Waals surface area contributed by atoms with Gasteiger partial charge in [0.15, 0.2) is 0 Å². The predicted molar refractivity (Wildman–Crippen MR) is 69.0 cm³/mol. The zero-order valence-corrected chi connectivity index (χ0v) is 10.3. The van der Waals surface area contributed by atoms with Crippen LogP contribution in [0.4, 0.5) is 0 Å². The van der Waals surface area contributed by atoms with Crippen LogP contribution in [0, 0.1) is 6.92 Å². The van der Waals surface area contributed by atoms with Crippen LogP contribution >= 0.6 is 0 Å². The van der Waals surface area contributed by atoms with Crippen LogP contribution in [0.15, 0.2) is 48.5 Å². The summed E-state index contributed by atoms with van der Waals surface area (Å²) in [6, 6.07) is 14.6. The largest absolute Gasteiger partial charge is 0.465 e. The van der Waals surface area contributed by atoms with Crippen molar-refractivity contribution in [1.29, 1.82) is 0 Å². The predicted octanol–water partition coefficient (Wildman–Crippen LogP) is 3.57. The molecular weight excluding hydrogens is 228 g/mol. The number of rotatable bonds is 3. The van der Waals surface area contributed by atoms with Gasteiger partial charge in [0.2, 0.25) is 0 Å². The highest BCUT2D eigenvalue weighted by Gasteiger charge is 2.07. The Morgan fingerprint density at radius 3 is 2.56 bits per heavy atom. The van der Waals surface area contributed by atoms with E-state index in [4.69, 9.17) is 4.74 Å². The van der Waals surface area contributed by atoms with Gasteiger partial charge in [-0.05, 0) is 36.8 Å². The number of ether oxygens (including phenoxy) is 2. The molecule has 0 radical (unpaired) electrons. The molecule has 0 aliphatic heterocycles. The molecule has 0 heterocycles. The first-order chi connectivity index (χ1) is 8.70. The van der Waals surface area contributed by atoms with Gasteiger partial charge in [-0.3, -0.25) is 0 Å². The lowest BCUT2D eigenvalue weighted by Crippen LogP contribution is -2.00. The average molecular weight is 242 g/mol. The normalized spacial score (nSPS) is 9.89. The minimum atomic E-state index is -0.370. The summed E-state index contributed by atoms with van der Waals surface area (Å²) in [7, 11) is 1.36. The number of hydrogen-bond donors (Lipinski definition) is 0. The molecule has 0 aromatic heterocycles. The van der Waals surface area contributed by atoms with Gasteiger partial charge in [0.25, 0.3) is 0 Å². The number of aryl methyl sites for hydroxylation is 1. The van der Waals surface area contributed by atoms with Crippen molar-refractivity contribution < 1.29 is 14.3 Å². The van der Waals surface area contributed by atoms with E-state index in [0.717, 1.165) is 11.3 Å². The topological polar surface area (TPSA) is 35.5 Å². The second kappa shape index (κ2) is 5.36. The number of methoxy groups -OCH3 is 1. The quantitative estimate of drug-likeness (QED) is 0.772. The van der Waals surface area contributed by atoms with Gasteiger partial charge in [-0.25, -0.2) is 4.79 Å². The SMILES string of the molecule is COC(=O)c1cccc(Oc2ccccc2C)c1. The first-order valence-electron chi connectivity index (χ1n) is 5.62. The molecule has 0 saturated carbocycles. The Morgan fingerprint density at radius 1 is 1.06 bits per heavy atom. The van der Waals surface area contributed by atoms with Gasteiger partial charge < -0.3 is 9.47 Å². The molecular formula is C15H14O3. The van der Waals surface area contributed by atoms with Crippen molar-refractivity contribution in [3.63, 3.8) is 0 Å². The van der Waals surface area contributed by atoms with Crippen LogP contribution in [0.25, 0.3) is 0 Å². The van der Waals surface area contributed by atoms with E-state index in [2.05, 4.69) is 4.74 Å². The fraction of sp³-hybridized carbons (Fsp3) is 0.133. The van der Waals surface area contributed by atoms with Crippen molar-refractivity contribution in [3.05, 3.63) is 59.7 Å². The molecule has 2 aromatic rings. The van der Waals surface area contributed by atoms with Crippen LogP contribution in [0.2, 0.25) is 0 Å². The van der Waals surface area contributed by atoms with Gasteiger partial charge in [0.05, 0.1) is 12.7 Å². The standard InChI is InChI=1S/C15H14O3/c1-11-6-3-4-9-14(11)18-13-8-5-7-12(10-13)15(16)17-2/h3-10H,1-2H3. The average Bonchev–Trinajstić information content (AvgIpc) is 2.41. The molecule has 3 nitrogen and oxygen atoms in total. The van der Waals surface area contributed by atoms with E-state index in [-0.39, 0.29) is 5.97 Å². The summed E-state index contributed by atoms with van der Waals surface area (Å²) in [4.78, 5) is 11.4. The summed E-state index contributed by atoms with van der Waals surface area (Å²) in [6.45, 7) is 1.97. The van der Waals surface area contributed by atoms with E-state index in [0.29, 0.717) is 11.3 Å². The van der Waals surface area contributed by atoms with Crippen LogP contribution in [0.3, 0.4) is 0 Å². The van der Waals surface area contributed by atoms with Gasteiger partial charge in [0, 0.05) is 0 Å². The van der Waals surface area contributed by atoms with E-state index in [9.17, 15) is 4.79 Å². The Hall–Kier alpha value is -2.29. The number of hydrogen-bond acceptors (Lipinski definition) is 3. The van der Waals surface area contributed by atoms with Crippen molar-refractivity contribution in [2.75, 3.05) is 7.11 Å². The summed E-state index contributed by atoms with van der Waals surface area (Å²) < 4.78 is 10.4. The van der Waals surface area contributed by atoms with Gasteiger partial charge in [0.1, 0.15) is 11.5 Å². The van der Waals surface area contributed by atoms with E-state index in [1.165, 1.54) is 7.11 Å². The zero-order chi connectivity index (χ0) is 13.0. The van der Waals surface area contributed by atoms with Crippen molar-refractivity contribution in [3.8, 4) is 11.5 Å². The number of esters is 1.